The number of rotatable bonds is 7. The van der Waals surface area contributed by atoms with E-state index in [1.54, 1.807) is 13.2 Å². The largest absolute Gasteiger partial charge is 0.493 e. The van der Waals surface area contributed by atoms with Crippen molar-refractivity contribution < 1.29 is 14.3 Å². The summed E-state index contributed by atoms with van der Waals surface area (Å²) in [5.41, 5.74) is 1.41. The third kappa shape index (κ3) is 3.84. The molecule has 0 radical (unpaired) electrons. The summed E-state index contributed by atoms with van der Waals surface area (Å²) in [6, 6.07) is 14.8. The van der Waals surface area contributed by atoms with Gasteiger partial charge in [0.1, 0.15) is 6.61 Å². The van der Waals surface area contributed by atoms with Crippen LogP contribution in [0, 0.1) is 0 Å². The average Bonchev–Trinajstić information content (AvgIpc) is 3.29. The molecule has 0 saturated heterocycles. The number of amides is 1. The van der Waals surface area contributed by atoms with Gasteiger partial charge in [-0.05, 0) is 31.0 Å². The van der Waals surface area contributed by atoms with E-state index in [9.17, 15) is 4.79 Å². The zero-order chi connectivity index (χ0) is 19.6. The number of para-hydroxylation sites is 2. The fourth-order valence-corrected chi connectivity index (χ4v) is 3.56. The first-order valence-electron chi connectivity index (χ1n) is 9.08. The van der Waals surface area contributed by atoms with Gasteiger partial charge in [-0.1, -0.05) is 37.3 Å². The summed E-state index contributed by atoms with van der Waals surface area (Å²) < 4.78 is 15.6. The van der Waals surface area contributed by atoms with Crippen LogP contribution in [0.4, 0.5) is 5.13 Å². The lowest BCUT2D eigenvalue weighted by molar-refractivity contribution is 0.102. The van der Waals surface area contributed by atoms with E-state index in [0.29, 0.717) is 22.2 Å². The minimum atomic E-state index is -0.220. The predicted octanol–water partition coefficient (Wildman–Crippen LogP) is 4.43. The Morgan fingerprint density at radius 2 is 1.86 bits per heavy atom. The average molecular weight is 395 g/mol. The molecule has 1 aromatic heterocycles. The van der Waals surface area contributed by atoms with Gasteiger partial charge in [0, 0.05) is 28.1 Å². The van der Waals surface area contributed by atoms with E-state index >= 15 is 0 Å². The fourth-order valence-electron chi connectivity index (χ4n) is 2.86. The van der Waals surface area contributed by atoms with Crippen molar-refractivity contribution >= 4 is 22.6 Å². The van der Waals surface area contributed by atoms with E-state index in [1.165, 1.54) is 11.5 Å². The maximum Gasteiger partial charge on any atom is 0.257 e. The Balaban J connectivity index is 1.47. The Kier molecular flexibility index (Phi) is 5.00. The van der Waals surface area contributed by atoms with Crippen LogP contribution >= 0.6 is 11.5 Å². The maximum atomic E-state index is 12.8. The second kappa shape index (κ2) is 7.59. The second-order valence-corrected chi connectivity index (χ2v) is 7.79. The van der Waals surface area contributed by atoms with Gasteiger partial charge in [-0.25, -0.2) is 4.98 Å². The molecule has 1 heterocycles. The Labute approximate surface area is 167 Å². The van der Waals surface area contributed by atoms with Crippen LogP contribution in [0.25, 0.3) is 0 Å². The molecule has 1 amide bonds. The molecule has 4 rings (SSSR count). The summed E-state index contributed by atoms with van der Waals surface area (Å²) in [7, 11) is 1.60. The quantitative estimate of drug-likeness (QED) is 0.641. The third-order valence-electron chi connectivity index (χ3n) is 4.90. The van der Waals surface area contributed by atoms with Crippen LogP contribution in [-0.2, 0) is 12.0 Å². The summed E-state index contributed by atoms with van der Waals surface area (Å²) in [6.45, 7) is 2.40. The number of hydrogen-bond donors (Lipinski definition) is 1. The summed E-state index contributed by atoms with van der Waals surface area (Å²) in [5.74, 6) is 1.88. The summed E-state index contributed by atoms with van der Waals surface area (Å²) in [5, 5.41) is 3.39. The number of ether oxygens (including phenoxy) is 2. The molecule has 0 aliphatic heterocycles. The number of nitrogens with one attached hydrogen (secondary N) is 1. The highest BCUT2D eigenvalue weighted by molar-refractivity contribution is 7.09. The van der Waals surface area contributed by atoms with E-state index in [4.69, 9.17) is 9.47 Å². The van der Waals surface area contributed by atoms with Crippen molar-refractivity contribution in [2.45, 2.75) is 31.8 Å². The molecule has 0 unspecified atom stereocenters. The van der Waals surface area contributed by atoms with Crippen molar-refractivity contribution in [1.29, 1.82) is 0 Å². The van der Waals surface area contributed by atoms with Crippen LogP contribution < -0.4 is 14.8 Å². The molecule has 0 atom stereocenters. The number of methoxy groups -OCH3 is 1. The Morgan fingerprint density at radius 1 is 1.14 bits per heavy atom. The minimum Gasteiger partial charge on any atom is -0.493 e. The van der Waals surface area contributed by atoms with Gasteiger partial charge in [0.2, 0.25) is 5.13 Å². The number of anilines is 1. The van der Waals surface area contributed by atoms with Crippen LogP contribution in [0.3, 0.4) is 0 Å². The normalized spacial score (nSPS) is 14.4. The highest BCUT2D eigenvalue weighted by Gasteiger charge is 2.42. The summed E-state index contributed by atoms with van der Waals surface area (Å²) >= 11 is 1.22. The molecule has 144 valence electrons. The molecule has 1 saturated carbocycles. The van der Waals surface area contributed by atoms with E-state index in [-0.39, 0.29) is 17.9 Å². The summed E-state index contributed by atoms with van der Waals surface area (Å²) in [4.78, 5) is 17.3. The van der Waals surface area contributed by atoms with Gasteiger partial charge in [-0.15, -0.1) is 0 Å². The van der Waals surface area contributed by atoms with Gasteiger partial charge in [0.15, 0.2) is 17.3 Å². The van der Waals surface area contributed by atoms with Crippen LogP contribution in [-0.4, -0.2) is 22.4 Å². The van der Waals surface area contributed by atoms with Crippen LogP contribution in [0.5, 0.6) is 11.5 Å². The second-order valence-electron chi connectivity index (χ2n) is 7.03. The monoisotopic (exact) mass is 395 g/mol. The topological polar surface area (TPSA) is 73.3 Å². The number of carbonyl (C=O) groups is 1. The first-order chi connectivity index (χ1) is 13.6. The molecular formula is C21H21N3O3S. The van der Waals surface area contributed by atoms with Crippen LogP contribution in [0.1, 0.15) is 41.5 Å². The SMILES string of the molecule is COc1ccccc1OCc1ccccc1C(=O)Nc1nc(C2(C)CC2)ns1. The van der Waals surface area contributed by atoms with Gasteiger partial charge < -0.3 is 9.47 Å². The molecule has 28 heavy (non-hydrogen) atoms. The minimum absolute atomic E-state index is 0.0833. The lowest BCUT2D eigenvalue weighted by Gasteiger charge is -2.12. The van der Waals surface area contributed by atoms with Gasteiger partial charge in [0.05, 0.1) is 7.11 Å². The van der Waals surface area contributed by atoms with Crippen molar-refractivity contribution in [3.8, 4) is 11.5 Å². The number of carbonyl (C=O) groups excluding carboxylic acids is 1. The van der Waals surface area contributed by atoms with Crippen molar-refractivity contribution in [1.82, 2.24) is 9.36 Å². The van der Waals surface area contributed by atoms with Gasteiger partial charge in [-0.3, -0.25) is 10.1 Å². The van der Waals surface area contributed by atoms with Crippen molar-refractivity contribution in [2.24, 2.45) is 0 Å². The van der Waals surface area contributed by atoms with Gasteiger partial charge in [-0.2, -0.15) is 4.37 Å². The first-order valence-corrected chi connectivity index (χ1v) is 9.86. The molecule has 0 bridgehead atoms. The highest BCUT2D eigenvalue weighted by atomic mass is 32.1. The first kappa shape index (κ1) is 18.4. The molecule has 1 N–H and O–H groups in total. The van der Waals surface area contributed by atoms with E-state index in [0.717, 1.165) is 24.2 Å². The Bertz CT molecular complexity index is 998. The van der Waals surface area contributed by atoms with Crippen molar-refractivity contribution in [3.05, 3.63) is 65.5 Å². The molecule has 1 fully saturated rings. The van der Waals surface area contributed by atoms with Gasteiger partial charge >= 0.3 is 0 Å². The zero-order valence-corrected chi connectivity index (χ0v) is 16.6. The number of hydrogen-bond acceptors (Lipinski definition) is 6. The fraction of sp³-hybridized carbons (Fsp3) is 0.286. The molecule has 2 aromatic carbocycles. The standard InChI is InChI=1S/C21H21N3O3S/c1-21(11-12-21)19-23-20(28-24-19)22-18(25)15-8-4-3-7-14(15)13-27-17-10-6-5-9-16(17)26-2/h3-10H,11-13H2,1-2H3,(H,22,23,24,25). The lowest BCUT2D eigenvalue weighted by Crippen LogP contribution is -2.15. The van der Waals surface area contributed by atoms with E-state index < -0.39 is 0 Å². The van der Waals surface area contributed by atoms with Gasteiger partial charge in [0.25, 0.3) is 5.91 Å². The van der Waals surface area contributed by atoms with Crippen molar-refractivity contribution in [3.63, 3.8) is 0 Å². The smallest absolute Gasteiger partial charge is 0.257 e. The third-order valence-corrected chi connectivity index (χ3v) is 5.53. The molecule has 7 heteroatoms. The van der Waals surface area contributed by atoms with E-state index in [1.807, 2.05) is 42.5 Å². The molecule has 3 aromatic rings. The summed E-state index contributed by atoms with van der Waals surface area (Å²) in [6.07, 6.45) is 2.19. The highest BCUT2D eigenvalue weighted by Crippen LogP contribution is 2.46. The van der Waals surface area contributed by atoms with Crippen LogP contribution in [0.15, 0.2) is 48.5 Å². The number of nitrogens with zero attached hydrogens (tertiary/aromatic N) is 2. The number of benzene rings is 2. The maximum absolute atomic E-state index is 12.8. The Morgan fingerprint density at radius 3 is 2.61 bits per heavy atom. The predicted molar refractivity (Wildman–Crippen MR) is 108 cm³/mol. The van der Waals surface area contributed by atoms with Crippen molar-refractivity contribution in [2.75, 3.05) is 12.4 Å². The Hall–Kier alpha value is -2.93. The number of aromatic nitrogens is 2. The molecule has 1 aliphatic carbocycles. The zero-order valence-electron chi connectivity index (χ0n) is 15.8. The molecule has 1 aliphatic rings. The lowest BCUT2D eigenvalue weighted by atomic mass is 10.1. The van der Waals surface area contributed by atoms with E-state index in [2.05, 4.69) is 21.6 Å². The molecule has 0 spiro atoms. The molecule has 6 nitrogen and oxygen atoms in total. The molecular weight excluding hydrogens is 374 g/mol. The van der Waals surface area contributed by atoms with Crippen LogP contribution in [0.2, 0.25) is 0 Å².